The van der Waals surface area contributed by atoms with Crippen LogP contribution in [0.25, 0.3) is 0 Å². The standard InChI is InChI=1S/C9H14N4O4S2/c1-3-10-8-7(13(14)15)9(12-6-11-8)18-4-5-19(2,16)17/h6H,3-5H2,1-2H3,(H,10,11,12). The largest absolute Gasteiger partial charge is 0.364 e. The Hall–Kier alpha value is -1.42. The predicted molar refractivity (Wildman–Crippen MR) is 73.3 cm³/mol. The van der Waals surface area contributed by atoms with Crippen molar-refractivity contribution in [2.24, 2.45) is 0 Å². The summed E-state index contributed by atoms with van der Waals surface area (Å²) in [6.07, 6.45) is 2.33. The van der Waals surface area contributed by atoms with E-state index in [2.05, 4.69) is 15.3 Å². The van der Waals surface area contributed by atoms with Crippen LogP contribution < -0.4 is 5.32 Å². The highest BCUT2D eigenvalue weighted by molar-refractivity contribution is 8.00. The van der Waals surface area contributed by atoms with E-state index < -0.39 is 14.8 Å². The molecule has 0 aromatic carbocycles. The van der Waals surface area contributed by atoms with E-state index in [1.807, 2.05) is 0 Å². The Kier molecular flexibility index (Phi) is 5.48. The van der Waals surface area contributed by atoms with Crippen LogP contribution in [0.4, 0.5) is 11.5 Å². The van der Waals surface area contributed by atoms with Crippen LogP contribution in [0.3, 0.4) is 0 Å². The smallest absolute Gasteiger partial charge is 0.343 e. The molecular weight excluding hydrogens is 292 g/mol. The molecule has 0 saturated heterocycles. The average molecular weight is 306 g/mol. The highest BCUT2D eigenvalue weighted by Crippen LogP contribution is 2.31. The van der Waals surface area contributed by atoms with Crippen LogP contribution in [0, 0.1) is 10.1 Å². The number of nitro groups is 1. The third-order valence-electron chi connectivity index (χ3n) is 2.01. The van der Waals surface area contributed by atoms with E-state index in [1.165, 1.54) is 6.33 Å². The molecule has 106 valence electrons. The molecule has 0 aliphatic carbocycles. The molecular formula is C9H14N4O4S2. The molecule has 1 rings (SSSR count). The van der Waals surface area contributed by atoms with Gasteiger partial charge in [-0.2, -0.15) is 0 Å². The maximum atomic E-state index is 11.0. The molecule has 0 atom stereocenters. The number of thioether (sulfide) groups is 1. The van der Waals surface area contributed by atoms with E-state index in [0.29, 0.717) is 6.54 Å². The summed E-state index contributed by atoms with van der Waals surface area (Å²) in [6, 6.07) is 0. The Morgan fingerprint density at radius 1 is 1.47 bits per heavy atom. The predicted octanol–water partition coefficient (Wildman–Crippen LogP) is 0.953. The van der Waals surface area contributed by atoms with Crippen molar-refractivity contribution in [2.75, 3.05) is 29.6 Å². The van der Waals surface area contributed by atoms with Gasteiger partial charge in [0, 0.05) is 18.6 Å². The van der Waals surface area contributed by atoms with Crippen molar-refractivity contribution in [2.45, 2.75) is 11.9 Å². The molecule has 0 radical (unpaired) electrons. The van der Waals surface area contributed by atoms with E-state index in [4.69, 9.17) is 0 Å². The van der Waals surface area contributed by atoms with Crippen molar-refractivity contribution in [3.63, 3.8) is 0 Å². The molecule has 0 aliphatic heterocycles. The van der Waals surface area contributed by atoms with Gasteiger partial charge < -0.3 is 5.32 Å². The first-order valence-electron chi connectivity index (χ1n) is 5.39. The minimum Gasteiger partial charge on any atom is -0.364 e. The Labute approximate surface area is 115 Å². The monoisotopic (exact) mass is 306 g/mol. The van der Waals surface area contributed by atoms with Gasteiger partial charge in [0.1, 0.15) is 16.2 Å². The first-order valence-corrected chi connectivity index (χ1v) is 8.43. The van der Waals surface area contributed by atoms with Gasteiger partial charge in [-0.15, -0.1) is 0 Å². The van der Waals surface area contributed by atoms with Gasteiger partial charge in [-0.1, -0.05) is 11.8 Å². The number of anilines is 1. The third-order valence-corrected chi connectivity index (χ3v) is 4.19. The summed E-state index contributed by atoms with van der Waals surface area (Å²) >= 11 is 1.03. The van der Waals surface area contributed by atoms with Crippen LogP contribution in [0.5, 0.6) is 0 Å². The van der Waals surface area contributed by atoms with Crippen molar-refractivity contribution in [3.05, 3.63) is 16.4 Å². The normalized spacial score (nSPS) is 11.3. The number of hydrogen-bond acceptors (Lipinski definition) is 8. The quantitative estimate of drug-likeness (QED) is 0.343. The van der Waals surface area contributed by atoms with Gasteiger partial charge in [0.05, 0.1) is 10.7 Å². The molecule has 1 aromatic heterocycles. The summed E-state index contributed by atoms with van der Waals surface area (Å²) in [4.78, 5) is 18.1. The van der Waals surface area contributed by atoms with E-state index in [1.54, 1.807) is 6.92 Å². The van der Waals surface area contributed by atoms with Gasteiger partial charge in [-0.05, 0) is 6.92 Å². The summed E-state index contributed by atoms with van der Waals surface area (Å²) in [6.45, 7) is 2.29. The Bertz CT molecular complexity index is 561. The van der Waals surface area contributed by atoms with Crippen molar-refractivity contribution in [1.29, 1.82) is 0 Å². The topological polar surface area (TPSA) is 115 Å². The SMILES string of the molecule is CCNc1ncnc(SCCS(C)(=O)=O)c1[N+](=O)[O-]. The Morgan fingerprint density at radius 2 is 2.16 bits per heavy atom. The van der Waals surface area contributed by atoms with Crippen molar-refractivity contribution in [3.8, 4) is 0 Å². The molecule has 1 N–H and O–H groups in total. The zero-order chi connectivity index (χ0) is 14.5. The summed E-state index contributed by atoms with van der Waals surface area (Å²) < 4.78 is 22.0. The molecule has 1 heterocycles. The molecule has 10 heteroatoms. The minimum atomic E-state index is -3.10. The zero-order valence-electron chi connectivity index (χ0n) is 10.5. The number of hydrogen-bond donors (Lipinski definition) is 1. The van der Waals surface area contributed by atoms with Crippen LogP contribution >= 0.6 is 11.8 Å². The fraction of sp³-hybridized carbons (Fsp3) is 0.556. The second kappa shape index (κ2) is 6.66. The van der Waals surface area contributed by atoms with Crippen molar-refractivity contribution in [1.82, 2.24) is 9.97 Å². The first kappa shape index (κ1) is 15.6. The van der Waals surface area contributed by atoms with E-state index in [-0.39, 0.29) is 28.0 Å². The first-order chi connectivity index (χ1) is 8.85. The summed E-state index contributed by atoms with van der Waals surface area (Å²) in [5.74, 6) is 0.293. The van der Waals surface area contributed by atoms with Gasteiger partial charge in [-0.3, -0.25) is 10.1 Å². The number of aromatic nitrogens is 2. The molecule has 0 aliphatic rings. The maximum absolute atomic E-state index is 11.0. The van der Waals surface area contributed by atoms with E-state index in [9.17, 15) is 18.5 Å². The lowest BCUT2D eigenvalue weighted by atomic mass is 10.5. The molecule has 19 heavy (non-hydrogen) atoms. The highest BCUT2D eigenvalue weighted by Gasteiger charge is 2.22. The number of nitrogens with one attached hydrogen (secondary N) is 1. The summed E-state index contributed by atoms with van der Waals surface area (Å²) in [5.41, 5.74) is -0.220. The molecule has 0 unspecified atom stereocenters. The third kappa shape index (κ3) is 4.99. The van der Waals surface area contributed by atoms with Gasteiger partial charge in [0.2, 0.25) is 5.82 Å². The lowest BCUT2D eigenvalue weighted by Crippen LogP contribution is -2.08. The van der Waals surface area contributed by atoms with Gasteiger partial charge in [0.25, 0.3) is 0 Å². The van der Waals surface area contributed by atoms with Gasteiger partial charge in [0.15, 0.2) is 5.03 Å². The second-order valence-electron chi connectivity index (χ2n) is 3.64. The summed E-state index contributed by atoms with van der Waals surface area (Å²) in [5, 5.41) is 14.0. The lowest BCUT2D eigenvalue weighted by Gasteiger charge is -2.06. The molecule has 8 nitrogen and oxygen atoms in total. The lowest BCUT2D eigenvalue weighted by molar-refractivity contribution is -0.387. The molecule has 0 saturated carbocycles. The molecule has 0 spiro atoms. The Balaban J connectivity index is 2.93. The molecule has 1 aromatic rings. The molecule has 0 fully saturated rings. The number of sulfone groups is 1. The number of rotatable bonds is 7. The maximum Gasteiger partial charge on any atom is 0.343 e. The van der Waals surface area contributed by atoms with Crippen molar-refractivity contribution < 1.29 is 13.3 Å². The zero-order valence-corrected chi connectivity index (χ0v) is 12.1. The number of nitrogens with zero attached hydrogens (tertiary/aromatic N) is 3. The minimum absolute atomic E-state index is 0.0602. The summed E-state index contributed by atoms with van der Waals surface area (Å²) in [7, 11) is -3.10. The van der Waals surface area contributed by atoms with E-state index in [0.717, 1.165) is 18.0 Å². The van der Waals surface area contributed by atoms with Gasteiger partial charge >= 0.3 is 5.69 Å². The highest BCUT2D eigenvalue weighted by atomic mass is 32.2. The molecule has 0 bridgehead atoms. The van der Waals surface area contributed by atoms with Crippen LogP contribution in [-0.2, 0) is 9.84 Å². The van der Waals surface area contributed by atoms with E-state index >= 15 is 0 Å². The van der Waals surface area contributed by atoms with Crippen LogP contribution in [0.2, 0.25) is 0 Å². The van der Waals surface area contributed by atoms with Crippen LogP contribution in [0.15, 0.2) is 11.4 Å². The average Bonchev–Trinajstić information content (AvgIpc) is 2.27. The van der Waals surface area contributed by atoms with Crippen LogP contribution in [0.1, 0.15) is 6.92 Å². The second-order valence-corrected chi connectivity index (χ2v) is 6.99. The Morgan fingerprint density at radius 3 is 2.68 bits per heavy atom. The van der Waals surface area contributed by atoms with Crippen LogP contribution in [-0.4, -0.2) is 47.6 Å². The van der Waals surface area contributed by atoms with Gasteiger partial charge in [-0.25, -0.2) is 18.4 Å². The fourth-order valence-corrected chi connectivity index (χ4v) is 3.39. The fourth-order valence-electron chi connectivity index (χ4n) is 1.22. The van der Waals surface area contributed by atoms with Crippen molar-refractivity contribution >= 4 is 33.1 Å². The molecule has 0 amide bonds.